The number of hydrogen-bond donors (Lipinski definition) is 1. The van der Waals surface area contributed by atoms with Crippen LogP contribution in [-0.2, 0) is 13.6 Å². The molecule has 5 heteroatoms. The smallest absolute Gasteiger partial charge is 0.221 e. The van der Waals surface area contributed by atoms with Crippen LogP contribution < -0.4 is 5.32 Å². The highest BCUT2D eigenvalue weighted by Crippen LogP contribution is 2.16. The van der Waals surface area contributed by atoms with E-state index in [9.17, 15) is 0 Å². The van der Waals surface area contributed by atoms with Crippen LogP contribution in [0.25, 0.3) is 0 Å². The van der Waals surface area contributed by atoms with Crippen molar-refractivity contribution in [3.8, 4) is 0 Å². The number of anilines is 1. The maximum absolute atomic E-state index is 4.28. The fraction of sp³-hybridized carbons (Fsp3) is 0.400. The van der Waals surface area contributed by atoms with E-state index < -0.39 is 0 Å². The van der Waals surface area contributed by atoms with Crippen LogP contribution in [0.4, 0.5) is 5.95 Å². The Morgan fingerprint density at radius 2 is 2.27 bits per heavy atom. The zero-order valence-corrected chi connectivity index (χ0v) is 9.93. The minimum Gasteiger partial charge on any atom is -0.350 e. The van der Waals surface area contributed by atoms with Crippen molar-refractivity contribution >= 4 is 17.3 Å². The molecule has 0 bridgehead atoms. The third-order valence-electron chi connectivity index (χ3n) is 2.24. The maximum atomic E-state index is 4.28. The highest BCUT2D eigenvalue weighted by atomic mass is 32.1. The molecule has 0 saturated heterocycles. The second-order valence-electron chi connectivity index (χ2n) is 3.49. The molecule has 0 aliphatic rings. The number of hydrogen-bond acceptors (Lipinski definition) is 4. The molecule has 2 aromatic rings. The number of aromatic nitrogens is 3. The number of nitrogens with zero attached hydrogens (tertiary/aromatic N) is 3. The molecule has 15 heavy (non-hydrogen) atoms. The summed E-state index contributed by atoms with van der Waals surface area (Å²) in [5.41, 5.74) is 1.33. The number of thiophene rings is 1. The van der Waals surface area contributed by atoms with Gasteiger partial charge in [-0.05, 0) is 30.9 Å². The minimum atomic E-state index is 0.794. The van der Waals surface area contributed by atoms with Gasteiger partial charge in [-0.2, -0.15) is 10.1 Å². The molecule has 0 amide bonds. The molecule has 2 heterocycles. The molecule has 0 aromatic carbocycles. The van der Waals surface area contributed by atoms with Crippen molar-refractivity contribution in [2.45, 2.75) is 20.4 Å². The molecule has 1 N–H and O–H groups in total. The third kappa shape index (κ3) is 2.18. The molecule has 2 aromatic heterocycles. The van der Waals surface area contributed by atoms with Gasteiger partial charge in [-0.3, -0.25) is 0 Å². The summed E-state index contributed by atoms with van der Waals surface area (Å²) in [6.07, 6.45) is 0. The standard InChI is InChI=1S/C10H14N4S/c1-7-4-5-15-9(7)6-11-10-12-8(2)13-14(10)3/h4-5H,6H2,1-3H3,(H,11,12,13). The second kappa shape index (κ2) is 4.02. The van der Waals surface area contributed by atoms with Crippen LogP contribution in [0.1, 0.15) is 16.3 Å². The van der Waals surface area contributed by atoms with E-state index in [1.165, 1.54) is 10.4 Å². The lowest BCUT2D eigenvalue weighted by atomic mass is 10.3. The van der Waals surface area contributed by atoms with Gasteiger partial charge in [0.05, 0.1) is 6.54 Å². The van der Waals surface area contributed by atoms with Gasteiger partial charge in [0.1, 0.15) is 5.82 Å². The summed E-state index contributed by atoms with van der Waals surface area (Å²) in [4.78, 5) is 5.63. The van der Waals surface area contributed by atoms with Gasteiger partial charge < -0.3 is 5.32 Å². The Bertz CT molecular complexity index is 458. The van der Waals surface area contributed by atoms with Crippen LogP contribution >= 0.6 is 11.3 Å². The lowest BCUT2D eigenvalue weighted by Crippen LogP contribution is -2.05. The van der Waals surface area contributed by atoms with E-state index in [0.29, 0.717) is 0 Å². The van der Waals surface area contributed by atoms with Crippen LogP contribution in [0.2, 0.25) is 0 Å². The van der Waals surface area contributed by atoms with E-state index in [1.54, 1.807) is 16.0 Å². The predicted octanol–water partition coefficient (Wildman–Crippen LogP) is 2.11. The molecular formula is C10H14N4S. The third-order valence-corrected chi connectivity index (χ3v) is 3.27. The van der Waals surface area contributed by atoms with E-state index in [2.05, 4.69) is 33.8 Å². The molecule has 0 saturated carbocycles. The number of rotatable bonds is 3. The second-order valence-corrected chi connectivity index (χ2v) is 4.49. The fourth-order valence-electron chi connectivity index (χ4n) is 1.41. The van der Waals surface area contributed by atoms with E-state index >= 15 is 0 Å². The van der Waals surface area contributed by atoms with Gasteiger partial charge >= 0.3 is 0 Å². The molecule has 2 rings (SSSR count). The van der Waals surface area contributed by atoms with Crippen LogP contribution in [0, 0.1) is 13.8 Å². The van der Waals surface area contributed by atoms with E-state index in [1.807, 2.05) is 14.0 Å². The minimum absolute atomic E-state index is 0.794. The lowest BCUT2D eigenvalue weighted by molar-refractivity contribution is 0.758. The van der Waals surface area contributed by atoms with E-state index in [-0.39, 0.29) is 0 Å². The van der Waals surface area contributed by atoms with Crippen LogP contribution in [-0.4, -0.2) is 14.8 Å². The molecule has 0 atom stereocenters. The van der Waals surface area contributed by atoms with Crippen molar-refractivity contribution in [3.63, 3.8) is 0 Å². The molecule has 0 spiro atoms. The number of aryl methyl sites for hydroxylation is 3. The van der Waals surface area contributed by atoms with E-state index in [4.69, 9.17) is 0 Å². The Kier molecular flexibility index (Phi) is 2.73. The Hall–Kier alpha value is -1.36. The first-order valence-electron chi connectivity index (χ1n) is 4.81. The normalized spacial score (nSPS) is 10.6. The molecule has 80 valence electrons. The van der Waals surface area contributed by atoms with Crippen LogP contribution in [0.15, 0.2) is 11.4 Å². The fourth-order valence-corrected chi connectivity index (χ4v) is 2.26. The Morgan fingerprint density at radius 1 is 1.47 bits per heavy atom. The van der Waals surface area contributed by atoms with Crippen molar-refractivity contribution in [1.82, 2.24) is 14.8 Å². The SMILES string of the molecule is Cc1nc(NCc2sccc2C)n(C)n1. The number of nitrogens with one attached hydrogen (secondary N) is 1. The monoisotopic (exact) mass is 222 g/mol. The summed E-state index contributed by atoms with van der Waals surface area (Å²) < 4.78 is 1.76. The molecule has 4 nitrogen and oxygen atoms in total. The van der Waals surface area contributed by atoms with Gasteiger partial charge in [-0.15, -0.1) is 11.3 Å². The summed E-state index contributed by atoms with van der Waals surface area (Å²) in [5.74, 6) is 1.61. The Labute approximate surface area is 93.0 Å². The highest BCUT2D eigenvalue weighted by Gasteiger charge is 2.04. The molecule has 0 radical (unpaired) electrons. The van der Waals surface area contributed by atoms with Gasteiger partial charge in [0, 0.05) is 11.9 Å². The lowest BCUT2D eigenvalue weighted by Gasteiger charge is -2.03. The zero-order valence-electron chi connectivity index (χ0n) is 9.11. The first kappa shape index (κ1) is 10.2. The summed E-state index contributed by atoms with van der Waals surface area (Å²) in [5, 5.41) is 9.56. The summed E-state index contributed by atoms with van der Waals surface area (Å²) in [6.45, 7) is 4.83. The first-order chi connectivity index (χ1) is 7.16. The van der Waals surface area contributed by atoms with Crippen molar-refractivity contribution < 1.29 is 0 Å². The van der Waals surface area contributed by atoms with Crippen molar-refractivity contribution in [2.24, 2.45) is 7.05 Å². The first-order valence-corrected chi connectivity index (χ1v) is 5.69. The summed E-state index contributed by atoms with van der Waals surface area (Å²) >= 11 is 1.76. The predicted molar refractivity (Wildman–Crippen MR) is 62.1 cm³/mol. The molecule has 0 aliphatic carbocycles. The van der Waals surface area contributed by atoms with E-state index in [0.717, 1.165) is 18.3 Å². The summed E-state index contributed by atoms with van der Waals surface area (Å²) in [6, 6.07) is 2.13. The van der Waals surface area contributed by atoms with Crippen LogP contribution in [0.3, 0.4) is 0 Å². The average Bonchev–Trinajstić information content (AvgIpc) is 2.70. The molecule has 0 unspecified atom stereocenters. The van der Waals surface area contributed by atoms with Gasteiger partial charge in [-0.1, -0.05) is 0 Å². The average molecular weight is 222 g/mol. The van der Waals surface area contributed by atoms with Crippen molar-refractivity contribution in [2.75, 3.05) is 5.32 Å². The largest absolute Gasteiger partial charge is 0.350 e. The van der Waals surface area contributed by atoms with Crippen LogP contribution in [0.5, 0.6) is 0 Å². The Balaban J connectivity index is 2.05. The van der Waals surface area contributed by atoms with Gasteiger partial charge in [0.2, 0.25) is 5.95 Å². The maximum Gasteiger partial charge on any atom is 0.221 e. The molecular weight excluding hydrogens is 208 g/mol. The topological polar surface area (TPSA) is 42.7 Å². The molecule has 0 fully saturated rings. The highest BCUT2D eigenvalue weighted by molar-refractivity contribution is 7.10. The Morgan fingerprint density at radius 3 is 2.80 bits per heavy atom. The van der Waals surface area contributed by atoms with Gasteiger partial charge in [0.15, 0.2) is 0 Å². The van der Waals surface area contributed by atoms with Crippen molar-refractivity contribution in [1.29, 1.82) is 0 Å². The zero-order chi connectivity index (χ0) is 10.8. The van der Waals surface area contributed by atoms with Crippen molar-refractivity contribution in [3.05, 3.63) is 27.7 Å². The quantitative estimate of drug-likeness (QED) is 0.865. The van der Waals surface area contributed by atoms with Gasteiger partial charge in [0.25, 0.3) is 0 Å². The van der Waals surface area contributed by atoms with Gasteiger partial charge in [-0.25, -0.2) is 4.68 Å². The summed E-state index contributed by atoms with van der Waals surface area (Å²) in [7, 11) is 1.89. The molecule has 0 aliphatic heterocycles.